The molecular weight excluding hydrogens is 273 g/mol. The van der Waals surface area contributed by atoms with Crippen molar-refractivity contribution in [2.75, 3.05) is 0 Å². The topological polar surface area (TPSA) is 95.2 Å². The summed E-state index contributed by atoms with van der Waals surface area (Å²) < 4.78 is 37.5. The molecule has 0 amide bonds. The van der Waals surface area contributed by atoms with Crippen LogP contribution in [-0.2, 0) is 20.4 Å². The Hall–Kier alpha value is -1.94. The summed E-state index contributed by atoms with van der Waals surface area (Å²) in [6.07, 6.45) is -0.1000. The van der Waals surface area contributed by atoms with Crippen LogP contribution in [0.25, 0.3) is 0 Å². The minimum absolute atomic E-state index is 0.1000. The number of rotatable bonds is 5. The average Bonchev–Trinajstić information content (AvgIpc) is 2.31. The SMILES string of the molecule is CCC(C(=O)O)S(=O)(=O)Cc1cccc(C#N)c1F. The van der Waals surface area contributed by atoms with Crippen LogP contribution in [0.4, 0.5) is 4.39 Å². The first-order valence-corrected chi connectivity index (χ1v) is 7.17. The first kappa shape index (κ1) is 15.1. The van der Waals surface area contributed by atoms with Gasteiger partial charge in [-0.25, -0.2) is 12.8 Å². The fourth-order valence-corrected chi connectivity index (χ4v) is 3.35. The van der Waals surface area contributed by atoms with E-state index >= 15 is 0 Å². The Labute approximate surface area is 110 Å². The smallest absolute Gasteiger partial charge is 0.321 e. The molecule has 5 nitrogen and oxygen atoms in total. The molecule has 1 unspecified atom stereocenters. The first-order valence-electron chi connectivity index (χ1n) is 5.45. The van der Waals surface area contributed by atoms with Crippen LogP contribution in [0.2, 0.25) is 0 Å². The van der Waals surface area contributed by atoms with Gasteiger partial charge in [-0.05, 0) is 12.5 Å². The summed E-state index contributed by atoms with van der Waals surface area (Å²) >= 11 is 0. The monoisotopic (exact) mass is 285 g/mol. The van der Waals surface area contributed by atoms with Crippen molar-refractivity contribution >= 4 is 15.8 Å². The number of benzene rings is 1. The molecule has 0 heterocycles. The molecule has 0 aliphatic carbocycles. The summed E-state index contributed by atoms with van der Waals surface area (Å²) in [7, 11) is -4.02. The number of aliphatic carboxylic acids is 1. The highest BCUT2D eigenvalue weighted by Gasteiger charge is 2.31. The standard InChI is InChI=1S/C12H12FNO4S/c1-2-10(12(15)16)19(17,18)7-9-5-3-4-8(6-14)11(9)13/h3-5,10H,2,7H2,1H3,(H,15,16). The van der Waals surface area contributed by atoms with Crippen LogP contribution in [0.3, 0.4) is 0 Å². The molecule has 0 saturated carbocycles. The van der Waals surface area contributed by atoms with E-state index in [0.29, 0.717) is 0 Å². The van der Waals surface area contributed by atoms with E-state index in [1.807, 2.05) is 0 Å². The van der Waals surface area contributed by atoms with Gasteiger partial charge in [0.1, 0.15) is 11.9 Å². The number of nitriles is 1. The van der Waals surface area contributed by atoms with Crippen LogP contribution in [0.15, 0.2) is 18.2 Å². The maximum absolute atomic E-state index is 13.7. The Kier molecular flexibility index (Phi) is 4.62. The zero-order valence-corrected chi connectivity index (χ0v) is 10.9. The van der Waals surface area contributed by atoms with Gasteiger partial charge in [-0.2, -0.15) is 5.26 Å². The molecule has 0 aliphatic heterocycles. The van der Waals surface area contributed by atoms with E-state index in [0.717, 1.165) is 0 Å². The molecule has 1 aromatic carbocycles. The van der Waals surface area contributed by atoms with Crippen molar-refractivity contribution in [2.45, 2.75) is 24.3 Å². The van der Waals surface area contributed by atoms with Crippen molar-refractivity contribution in [1.82, 2.24) is 0 Å². The van der Waals surface area contributed by atoms with Crippen LogP contribution >= 0.6 is 0 Å². The van der Waals surface area contributed by atoms with Gasteiger partial charge in [-0.1, -0.05) is 19.1 Å². The summed E-state index contributed by atoms with van der Waals surface area (Å²) in [6, 6.07) is 5.40. The van der Waals surface area contributed by atoms with Crippen molar-refractivity contribution in [1.29, 1.82) is 5.26 Å². The molecule has 0 aliphatic rings. The van der Waals surface area contributed by atoms with E-state index in [2.05, 4.69) is 0 Å². The number of carboxylic acids is 1. The fraction of sp³-hybridized carbons (Fsp3) is 0.333. The molecule has 0 bridgehead atoms. The predicted octanol–water partition coefficient (Wildman–Crippen LogP) is 1.48. The third-order valence-electron chi connectivity index (χ3n) is 2.64. The minimum atomic E-state index is -4.02. The lowest BCUT2D eigenvalue weighted by atomic mass is 10.1. The molecule has 1 aromatic rings. The van der Waals surface area contributed by atoms with Gasteiger partial charge in [0.2, 0.25) is 0 Å². The van der Waals surface area contributed by atoms with E-state index in [9.17, 15) is 17.6 Å². The Morgan fingerprint density at radius 3 is 2.63 bits per heavy atom. The Morgan fingerprint density at radius 2 is 2.16 bits per heavy atom. The average molecular weight is 285 g/mol. The van der Waals surface area contributed by atoms with Gasteiger partial charge in [0.05, 0.1) is 11.3 Å². The van der Waals surface area contributed by atoms with Crippen LogP contribution in [0.1, 0.15) is 24.5 Å². The van der Waals surface area contributed by atoms with Gasteiger partial charge < -0.3 is 5.11 Å². The third-order valence-corrected chi connectivity index (χ3v) is 4.75. The van der Waals surface area contributed by atoms with Gasteiger partial charge in [0.25, 0.3) is 0 Å². The van der Waals surface area contributed by atoms with E-state index in [1.165, 1.54) is 25.1 Å². The molecule has 0 radical (unpaired) electrons. The summed E-state index contributed by atoms with van der Waals surface area (Å²) in [6.45, 7) is 1.43. The maximum Gasteiger partial charge on any atom is 0.321 e. The highest BCUT2D eigenvalue weighted by Crippen LogP contribution is 2.19. The van der Waals surface area contributed by atoms with Gasteiger partial charge >= 0.3 is 5.97 Å². The molecule has 1 rings (SSSR count). The lowest BCUT2D eigenvalue weighted by Crippen LogP contribution is -2.30. The molecular formula is C12H12FNO4S. The second kappa shape index (κ2) is 5.80. The molecule has 0 saturated heterocycles. The number of hydrogen-bond acceptors (Lipinski definition) is 4. The second-order valence-corrected chi connectivity index (χ2v) is 6.12. The molecule has 0 fully saturated rings. The van der Waals surface area contributed by atoms with E-state index in [4.69, 9.17) is 10.4 Å². The largest absolute Gasteiger partial charge is 0.480 e. The number of carbonyl (C=O) groups is 1. The van der Waals surface area contributed by atoms with Crippen molar-refractivity contribution in [2.24, 2.45) is 0 Å². The predicted molar refractivity (Wildman–Crippen MR) is 65.5 cm³/mol. The number of halogens is 1. The molecule has 19 heavy (non-hydrogen) atoms. The minimum Gasteiger partial charge on any atom is -0.480 e. The Morgan fingerprint density at radius 1 is 1.53 bits per heavy atom. The zero-order valence-electron chi connectivity index (χ0n) is 10.1. The normalized spacial score (nSPS) is 12.7. The summed E-state index contributed by atoms with van der Waals surface area (Å²) in [5, 5.41) is 15.9. The van der Waals surface area contributed by atoms with Gasteiger partial charge in [0.15, 0.2) is 15.1 Å². The van der Waals surface area contributed by atoms with Crippen LogP contribution in [-0.4, -0.2) is 24.7 Å². The summed E-state index contributed by atoms with van der Waals surface area (Å²) in [5.74, 6) is -3.12. The molecule has 1 atom stereocenters. The fourth-order valence-electron chi connectivity index (χ4n) is 1.68. The summed E-state index contributed by atoms with van der Waals surface area (Å²) in [4.78, 5) is 10.9. The number of carboxylic acid groups (broad SMARTS) is 1. The van der Waals surface area contributed by atoms with Crippen LogP contribution < -0.4 is 0 Å². The van der Waals surface area contributed by atoms with E-state index in [-0.39, 0.29) is 17.5 Å². The lowest BCUT2D eigenvalue weighted by molar-refractivity contribution is -0.136. The van der Waals surface area contributed by atoms with Gasteiger partial charge in [-0.15, -0.1) is 0 Å². The lowest BCUT2D eigenvalue weighted by Gasteiger charge is -2.12. The van der Waals surface area contributed by atoms with E-state index < -0.39 is 32.6 Å². The molecule has 0 aromatic heterocycles. The number of hydrogen-bond donors (Lipinski definition) is 1. The molecule has 102 valence electrons. The van der Waals surface area contributed by atoms with Crippen LogP contribution in [0.5, 0.6) is 0 Å². The van der Waals surface area contributed by atoms with E-state index in [1.54, 1.807) is 6.07 Å². The number of sulfone groups is 1. The number of nitrogens with zero attached hydrogens (tertiary/aromatic N) is 1. The molecule has 1 N–H and O–H groups in total. The molecule has 0 spiro atoms. The quantitative estimate of drug-likeness (QED) is 0.884. The first-order chi connectivity index (χ1) is 8.83. The summed E-state index contributed by atoms with van der Waals surface area (Å²) in [5.41, 5.74) is -0.463. The van der Waals surface area contributed by atoms with Crippen molar-refractivity contribution in [3.8, 4) is 6.07 Å². The van der Waals surface area contributed by atoms with Crippen LogP contribution in [0, 0.1) is 17.1 Å². The second-order valence-electron chi connectivity index (χ2n) is 3.93. The maximum atomic E-state index is 13.7. The third kappa shape index (κ3) is 3.29. The van der Waals surface area contributed by atoms with Crippen molar-refractivity contribution < 1.29 is 22.7 Å². The van der Waals surface area contributed by atoms with Gasteiger partial charge in [-0.3, -0.25) is 4.79 Å². The van der Waals surface area contributed by atoms with Crippen molar-refractivity contribution in [3.63, 3.8) is 0 Å². The molecule has 7 heteroatoms. The zero-order chi connectivity index (χ0) is 14.6. The Bertz CT molecular complexity index is 634. The highest BCUT2D eigenvalue weighted by atomic mass is 32.2. The van der Waals surface area contributed by atoms with Crippen molar-refractivity contribution in [3.05, 3.63) is 35.1 Å². The van der Waals surface area contributed by atoms with Gasteiger partial charge in [0, 0.05) is 5.56 Å². The highest BCUT2D eigenvalue weighted by molar-refractivity contribution is 7.92. The Balaban J connectivity index is 3.16.